The van der Waals surface area contributed by atoms with Crippen LogP contribution in [-0.4, -0.2) is 51.7 Å². The van der Waals surface area contributed by atoms with Crippen LogP contribution in [0.1, 0.15) is 19.3 Å². The zero-order valence-corrected chi connectivity index (χ0v) is 11.3. The Hall–Kier alpha value is -1.96. The monoisotopic (exact) mass is 281 g/mol. The van der Waals surface area contributed by atoms with Gasteiger partial charge in [0.2, 0.25) is 5.91 Å². The molecule has 2 heterocycles. The molecule has 0 bridgehead atoms. The Morgan fingerprint density at radius 2 is 2.15 bits per heavy atom. The van der Waals surface area contributed by atoms with Crippen molar-refractivity contribution in [3.63, 3.8) is 0 Å². The second-order valence-corrected chi connectivity index (χ2v) is 4.88. The Labute approximate surface area is 116 Å². The molecule has 8 heteroatoms. The number of aromatic nitrogens is 2. The summed E-state index contributed by atoms with van der Waals surface area (Å²) in [5, 5.41) is 17.0. The van der Waals surface area contributed by atoms with Gasteiger partial charge in [0.25, 0.3) is 0 Å². The molecule has 0 aromatic carbocycles. The Balaban J connectivity index is 1.67. The van der Waals surface area contributed by atoms with Gasteiger partial charge in [-0.2, -0.15) is 4.68 Å². The number of carbonyl (C=O) groups excluding carboxylic acids is 1. The number of carbonyl (C=O) groups is 1. The highest BCUT2D eigenvalue weighted by Gasteiger charge is 2.14. The van der Waals surface area contributed by atoms with Gasteiger partial charge in [-0.05, 0) is 30.9 Å². The van der Waals surface area contributed by atoms with Crippen LogP contribution in [0.2, 0.25) is 0 Å². The molecule has 1 fully saturated rings. The highest BCUT2D eigenvalue weighted by molar-refractivity contribution is 5.75. The van der Waals surface area contributed by atoms with E-state index in [0.29, 0.717) is 6.54 Å². The normalized spacial score (nSPS) is 16.0. The molecular weight excluding hydrogens is 262 g/mol. The topological polar surface area (TPSA) is 93.3 Å². The summed E-state index contributed by atoms with van der Waals surface area (Å²) in [6.45, 7) is 3.66. The number of rotatable bonds is 6. The standard InChI is InChI=1S/C12H19N5O3/c18-12(10-16-8-4-11(14-16)17(19)20)13-5-9-15-6-2-1-3-7-15/h4,8H,1-3,5-7,9-10H2,(H,13,18). The molecule has 8 nitrogen and oxygen atoms in total. The fraction of sp³-hybridized carbons (Fsp3) is 0.667. The highest BCUT2D eigenvalue weighted by atomic mass is 16.6. The molecule has 1 aromatic rings. The van der Waals surface area contributed by atoms with Crippen LogP contribution in [0.3, 0.4) is 0 Å². The minimum atomic E-state index is -0.579. The van der Waals surface area contributed by atoms with Crippen molar-refractivity contribution in [1.29, 1.82) is 0 Å². The second-order valence-electron chi connectivity index (χ2n) is 4.88. The number of hydrogen-bond donors (Lipinski definition) is 1. The Morgan fingerprint density at radius 3 is 2.80 bits per heavy atom. The predicted molar refractivity (Wildman–Crippen MR) is 72.2 cm³/mol. The van der Waals surface area contributed by atoms with E-state index in [1.165, 1.54) is 36.2 Å². The summed E-state index contributed by atoms with van der Waals surface area (Å²) in [6, 6.07) is 1.28. The molecule has 0 radical (unpaired) electrons. The molecule has 0 atom stereocenters. The van der Waals surface area contributed by atoms with Crippen LogP contribution in [0, 0.1) is 10.1 Å². The lowest BCUT2D eigenvalue weighted by molar-refractivity contribution is -0.389. The van der Waals surface area contributed by atoms with Gasteiger partial charge < -0.3 is 20.3 Å². The zero-order chi connectivity index (χ0) is 14.4. The van der Waals surface area contributed by atoms with Crippen LogP contribution in [0.15, 0.2) is 12.3 Å². The van der Waals surface area contributed by atoms with Crippen molar-refractivity contribution in [2.45, 2.75) is 25.8 Å². The number of likely N-dealkylation sites (tertiary alicyclic amines) is 1. The number of nitrogens with zero attached hydrogens (tertiary/aromatic N) is 4. The largest absolute Gasteiger partial charge is 0.389 e. The first-order valence-electron chi connectivity index (χ1n) is 6.82. The molecule has 20 heavy (non-hydrogen) atoms. The summed E-state index contributed by atoms with van der Waals surface area (Å²) in [5.74, 6) is -0.425. The summed E-state index contributed by atoms with van der Waals surface area (Å²) in [5.41, 5.74) is 0. The van der Waals surface area contributed by atoms with Crippen molar-refractivity contribution in [2.75, 3.05) is 26.2 Å². The number of piperidine rings is 1. The van der Waals surface area contributed by atoms with Gasteiger partial charge in [-0.15, -0.1) is 0 Å². The van der Waals surface area contributed by atoms with Gasteiger partial charge in [-0.25, -0.2) is 0 Å². The maximum atomic E-state index is 11.7. The minimum absolute atomic E-state index is 0.00778. The van der Waals surface area contributed by atoms with Crippen molar-refractivity contribution < 1.29 is 9.72 Å². The Kier molecular flexibility index (Phi) is 5.05. The SMILES string of the molecule is O=C(Cn1ccc([N+](=O)[O-])n1)NCCN1CCCCC1. The Bertz CT molecular complexity index is 467. The lowest BCUT2D eigenvalue weighted by Crippen LogP contribution is -2.38. The van der Waals surface area contributed by atoms with Crippen molar-refractivity contribution in [2.24, 2.45) is 0 Å². The lowest BCUT2D eigenvalue weighted by atomic mass is 10.1. The lowest BCUT2D eigenvalue weighted by Gasteiger charge is -2.26. The van der Waals surface area contributed by atoms with Crippen LogP contribution in [0.25, 0.3) is 0 Å². The highest BCUT2D eigenvalue weighted by Crippen LogP contribution is 2.07. The van der Waals surface area contributed by atoms with E-state index in [0.717, 1.165) is 19.6 Å². The van der Waals surface area contributed by atoms with Crippen LogP contribution < -0.4 is 5.32 Å². The van der Waals surface area contributed by atoms with Gasteiger partial charge in [0.1, 0.15) is 6.54 Å². The van der Waals surface area contributed by atoms with Gasteiger partial charge in [-0.3, -0.25) is 4.79 Å². The molecule has 0 saturated carbocycles. The van der Waals surface area contributed by atoms with E-state index in [-0.39, 0.29) is 18.3 Å². The van der Waals surface area contributed by atoms with E-state index in [4.69, 9.17) is 0 Å². The number of hydrogen-bond acceptors (Lipinski definition) is 5. The van der Waals surface area contributed by atoms with Gasteiger partial charge in [0, 0.05) is 13.1 Å². The van der Waals surface area contributed by atoms with Crippen LogP contribution in [0.5, 0.6) is 0 Å². The first-order valence-corrected chi connectivity index (χ1v) is 6.82. The third-order valence-electron chi connectivity index (χ3n) is 3.32. The van der Waals surface area contributed by atoms with Crippen molar-refractivity contribution >= 4 is 11.7 Å². The van der Waals surface area contributed by atoms with E-state index in [1.54, 1.807) is 0 Å². The van der Waals surface area contributed by atoms with Gasteiger partial charge in [-0.1, -0.05) is 6.42 Å². The number of nitro groups is 1. The maximum Gasteiger partial charge on any atom is 0.389 e. The van der Waals surface area contributed by atoms with Crippen molar-refractivity contribution in [3.8, 4) is 0 Å². The Morgan fingerprint density at radius 1 is 1.40 bits per heavy atom. The smallest absolute Gasteiger partial charge is 0.358 e. The second kappa shape index (κ2) is 6.99. The molecule has 0 spiro atoms. The van der Waals surface area contributed by atoms with Crippen LogP contribution in [-0.2, 0) is 11.3 Å². The van der Waals surface area contributed by atoms with Gasteiger partial charge in [0.15, 0.2) is 0 Å². The van der Waals surface area contributed by atoms with E-state index >= 15 is 0 Å². The van der Waals surface area contributed by atoms with Gasteiger partial charge in [0.05, 0.1) is 17.4 Å². The summed E-state index contributed by atoms with van der Waals surface area (Å²) < 4.78 is 1.27. The average Bonchev–Trinajstić information content (AvgIpc) is 2.88. The minimum Gasteiger partial charge on any atom is -0.358 e. The fourth-order valence-electron chi connectivity index (χ4n) is 2.28. The summed E-state index contributed by atoms with van der Waals surface area (Å²) in [6.07, 6.45) is 5.18. The first kappa shape index (κ1) is 14.4. The molecule has 2 rings (SSSR count). The summed E-state index contributed by atoms with van der Waals surface area (Å²) in [4.78, 5) is 23.9. The molecule has 1 aliphatic heterocycles. The fourth-order valence-corrected chi connectivity index (χ4v) is 2.28. The molecule has 0 unspecified atom stereocenters. The average molecular weight is 281 g/mol. The van der Waals surface area contributed by atoms with Crippen LogP contribution in [0.4, 0.5) is 5.82 Å². The summed E-state index contributed by atoms with van der Waals surface area (Å²) in [7, 11) is 0. The van der Waals surface area contributed by atoms with E-state index in [1.807, 2.05) is 0 Å². The number of nitrogens with one attached hydrogen (secondary N) is 1. The molecule has 1 saturated heterocycles. The molecular formula is C12H19N5O3. The van der Waals surface area contributed by atoms with Crippen molar-refractivity contribution in [1.82, 2.24) is 20.0 Å². The molecule has 1 aromatic heterocycles. The third-order valence-corrected chi connectivity index (χ3v) is 3.32. The quantitative estimate of drug-likeness (QED) is 0.601. The molecule has 1 amide bonds. The number of amides is 1. The van der Waals surface area contributed by atoms with E-state index in [9.17, 15) is 14.9 Å². The molecule has 110 valence electrons. The van der Waals surface area contributed by atoms with E-state index < -0.39 is 4.92 Å². The molecule has 1 aliphatic rings. The summed E-state index contributed by atoms with van der Waals surface area (Å²) >= 11 is 0. The third kappa shape index (κ3) is 4.30. The predicted octanol–water partition coefficient (Wildman–Crippen LogP) is 0.393. The maximum absolute atomic E-state index is 11.7. The van der Waals surface area contributed by atoms with Crippen molar-refractivity contribution in [3.05, 3.63) is 22.4 Å². The first-order chi connectivity index (χ1) is 9.65. The van der Waals surface area contributed by atoms with Gasteiger partial charge >= 0.3 is 5.82 Å². The zero-order valence-electron chi connectivity index (χ0n) is 11.3. The van der Waals surface area contributed by atoms with Crippen LogP contribution >= 0.6 is 0 Å². The van der Waals surface area contributed by atoms with E-state index in [2.05, 4.69) is 15.3 Å². The molecule has 0 aliphatic carbocycles. The molecule has 1 N–H and O–H groups in total.